The van der Waals surface area contributed by atoms with E-state index in [4.69, 9.17) is 16.3 Å². The summed E-state index contributed by atoms with van der Waals surface area (Å²) in [5, 5.41) is 3.42. The molecule has 0 aliphatic carbocycles. The highest BCUT2D eigenvalue weighted by Crippen LogP contribution is 2.24. The Balaban J connectivity index is 1.92. The van der Waals surface area contributed by atoms with Crippen molar-refractivity contribution in [2.24, 2.45) is 0 Å². The molecule has 0 saturated heterocycles. The first-order chi connectivity index (χ1) is 9.20. The Kier molecular flexibility index (Phi) is 4.63. The van der Waals surface area contributed by atoms with E-state index < -0.39 is 0 Å². The van der Waals surface area contributed by atoms with E-state index in [-0.39, 0.29) is 5.82 Å². The lowest BCUT2D eigenvalue weighted by molar-refractivity contribution is 0.414. The average molecular weight is 280 g/mol. The summed E-state index contributed by atoms with van der Waals surface area (Å²) in [6.07, 6.45) is 0.786. The Morgan fingerprint density at radius 2 is 1.89 bits per heavy atom. The average Bonchev–Trinajstić information content (AvgIpc) is 2.43. The van der Waals surface area contributed by atoms with Crippen LogP contribution in [0.5, 0.6) is 5.75 Å². The maximum Gasteiger partial charge on any atom is 0.147 e. The first-order valence-corrected chi connectivity index (χ1v) is 6.39. The predicted molar refractivity (Wildman–Crippen MR) is 76.6 cm³/mol. The number of benzene rings is 2. The maximum absolute atomic E-state index is 13.5. The smallest absolute Gasteiger partial charge is 0.147 e. The fourth-order valence-electron chi connectivity index (χ4n) is 1.79. The van der Waals surface area contributed by atoms with Gasteiger partial charge >= 0.3 is 0 Å². The molecule has 0 radical (unpaired) electrons. The van der Waals surface area contributed by atoms with Crippen molar-refractivity contribution in [3.05, 3.63) is 58.9 Å². The standard InChI is InChI=1S/C15H15ClFNO/c1-19-12-7-5-11(6-8-12)9-10-18-15-13(16)3-2-4-14(15)17/h2-8,18H,9-10H2,1H3. The molecule has 19 heavy (non-hydrogen) atoms. The number of para-hydroxylation sites is 1. The molecule has 1 N–H and O–H groups in total. The number of methoxy groups -OCH3 is 1. The van der Waals surface area contributed by atoms with E-state index in [1.807, 2.05) is 24.3 Å². The highest BCUT2D eigenvalue weighted by molar-refractivity contribution is 6.33. The third kappa shape index (κ3) is 3.61. The van der Waals surface area contributed by atoms with Crippen molar-refractivity contribution in [2.45, 2.75) is 6.42 Å². The van der Waals surface area contributed by atoms with Crippen LogP contribution in [-0.4, -0.2) is 13.7 Å². The van der Waals surface area contributed by atoms with Crippen LogP contribution in [0, 0.1) is 5.82 Å². The van der Waals surface area contributed by atoms with Gasteiger partial charge in [-0.2, -0.15) is 0 Å². The molecule has 0 aromatic heterocycles. The van der Waals surface area contributed by atoms with Crippen molar-refractivity contribution >= 4 is 17.3 Å². The molecule has 0 atom stereocenters. The summed E-state index contributed by atoms with van der Waals surface area (Å²) in [6, 6.07) is 12.4. The summed E-state index contributed by atoms with van der Waals surface area (Å²) >= 11 is 5.93. The van der Waals surface area contributed by atoms with Crippen LogP contribution in [0.25, 0.3) is 0 Å². The van der Waals surface area contributed by atoms with Gasteiger partial charge < -0.3 is 10.1 Å². The second kappa shape index (κ2) is 6.43. The molecule has 0 spiro atoms. The number of rotatable bonds is 5. The Bertz CT molecular complexity index is 522. The number of halogens is 2. The van der Waals surface area contributed by atoms with Gasteiger partial charge in [0.15, 0.2) is 0 Å². The third-order valence-electron chi connectivity index (χ3n) is 2.84. The minimum atomic E-state index is -0.331. The Morgan fingerprint density at radius 3 is 2.53 bits per heavy atom. The van der Waals surface area contributed by atoms with Crippen LogP contribution in [0.15, 0.2) is 42.5 Å². The van der Waals surface area contributed by atoms with Crippen LogP contribution in [0.2, 0.25) is 5.02 Å². The molecule has 0 bridgehead atoms. The lowest BCUT2D eigenvalue weighted by Gasteiger charge is -2.09. The first kappa shape index (κ1) is 13.7. The molecule has 100 valence electrons. The van der Waals surface area contributed by atoms with Crippen molar-refractivity contribution < 1.29 is 9.13 Å². The molecular weight excluding hydrogens is 265 g/mol. The van der Waals surface area contributed by atoms with Gasteiger partial charge in [-0.3, -0.25) is 0 Å². The third-order valence-corrected chi connectivity index (χ3v) is 3.15. The van der Waals surface area contributed by atoms with Crippen LogP contribution in [0.1, 0.15) is 5.56 Å². The second-order valence-corrected chi connectivity index (χ2v) is 4.53. The monoisotopic (exact) mass is 279 g/mol. The van der Waals surface area contributed by atoms with E-state index in [2.05, 4.69) is 5.32 Å². The molecule has 0 fully saturated rings. The van der Waals surface area contributed by atoms with Crippen LogP contribution in [-0.2, 0) is 6.42 Å². The minimum absolute atomic E-state index is 0.331. The molecule has 2 nitrogen and oxygen atoms in total. The molecule has 2 aromatic rings. The van der Waals surface area contributed by atoms with E-state index >= 15 is 0 Å². The molecule has 0 amide bonds. The number of anilines is 1. The van der Waals surface area contributed by atoms with Gasteiger partial charge in [0.05, 0.1) is 17.8 Å². The summed E-state index contributed by atoms with van der Waals surface area (Å²) < 4.78 is 18.6. The molecule has 0 unspecified atom stereocenters. The molecular formula is C15H15ClFNO. The Hall–Kier alpha value is -1.74. The molecule has 0 aliphatic rings. The second-order valence-electron chi connectivity index (χ2n) is 4.12. The van der Waals surface area contributed by atoms with Crippen molar-refractivity contribution in [2.75, 3.05) is 19.0 Å². The van der Waals surface area contributed by atoms with Crippen molar-refractivity contribution in [3.8, 4) is 5.75 Å². The van der Waals surface area contributed by atoms with E-state index in [1.54, 1.807) is 19.2 Å². The van der Waals surface area contributed by atoms with Gasteiger partial charge in [0.25, 0.3) is 0 Å². The molecule has 2 rings (SSSR count). The van der Waals surface area contributed by atoms with E-state index in [0.717, 1.165) is 17.7 Å². The molecule has 0 saturated carbocycles. The van der Waals surface area contributed by atoms with Crippen LogP contribution in [0.4, 0.5) is 10.1 Å². The summed E-state index contributed by atoms with van der Waals surface area (Å²) in [7, 11) is 1.64. The lowest BCUT2D eigenvalue weighted by atomic mass is 10.1. The predicted octanol–water partition coefficient (Wildman–Crippen LogP) is 4.14. The first-order valence-electron chi connectivity index (χ1n) is 6.01. The SMILES string of the molecule is COc1ccc(CCNc2c(F)cccc2Cl)cc1. The van der Waals surface area contributed by atoms with Gasteiger partial charge in [-0.1, -0.05) is 29.8 Å². The normalized spacial score (nSPS) is 10.3. The van der Waals surface area contributed by atoms with Crippen LogP contribution < -0.4 is 10.1 Å². The van der Waals surface area contributed by atoms with E-state index in [1.165, 1.54) is 6.07 Å². The van der Waals surface area contributed by atoms with E-state index in [0.29, 0.717) is 17.3 Å². The summed E-state index contributed by atoms with van der Waals surface area (Å²) in [6.45, 7) is 0.618. The number of nitrogens with one attached hydrogen (secondary N) is 1. The van der Waals surface area contributed by atoms with Gasteiger partial charge in [-0.05, 0) is 36.2 Å². The summed E-state index contributed by atoms with van der Waals surface area (Å²) in [5.41, 5.74) is 1.51. The molecule has 0 heterocycles. The van der Waals surface area contributed by atoms with Gasteiger partial charge in [0.2, 0.25) is 0 Å². The zero-order valence-corrected chi connectivity index (χ0v) is 11.4. The van der Waals surface area contributed by atoms with Gasteiger partial charge in [0.1, 0.15) is 11.6 Å². The zero-order chi connectivity index (χ0) is 13.7. The molecule has 0 aliphatic heterocycles. The van der Waals surface area contributed by atoms with Crippen molar-refractivity contribution in [1.82, 2.24) is 0 Å². The Labute approximate surface area is 117 Å². The highest BCUT2D eigenvalue weighted by Gasteiger charge is 2.05. The minimum Gasteiger partial charge on any atom is -0.497 e. The fourth-order valence-corrected chi connectivity index (χ4v) is 2.02. The summed E-state index contributed by atoms with van der Waals surface area (Å²) in [4.78, 5) is 0. The van der Waals surface area contributed by atoms with E-state index in [9.17, 15) is 4.39 Å². The van der Waals surface area contributed by atoms with Crippen molar-refractivity contribution in [1.29, 1.82) is 0 Å². The van der Waals surface area contributed by atoms with Crippen LogP contribution in [0.3, 0.4) is 0 Å². The summed E-state index contributed by atoms with van der Waals surface area (Å²) in [5.74, 6) is 0.496. The number of ether oxygens (including phenoxy) is 1. The lowest BCUT2D eigenvalue weighted by Crippen LogP contribution is -2.06. The molecule has 4 heteroatoms. The Morgan fingerprint density at radius 1 is 1.16 bits per heavy atom. The maximum atomic E-state index is 13.5. The topological polar surface area (TPSA) is 21.3 Å². The van der Waals surface area contributed by atoms with Gasteiger partial charge in [-0.25, -0.2) is 4.39 Å². The quantitative estimate of drug-likeness (QED) is 0.888. The highest BCUT2D eigenvalue weighted by atomic mass is 35.5. The number of hydrogen-bond acceptors (Lipinski definition) is 2. The van der Waals surface area contributed by atoms with Crippen molar-refractivity contribution in [3.63, 3.8) is 0 Å². The molecule has 2 aromatic carbocycles. The zero-order valence-electron chi connectivity index (χ0n) is 10.6. The van der Waals surface area contributed by atoms with Crippen LogP contribution >= 0.6 is 11.6 Å². The van der Waals surface area contributed by atoms with Gasteiger partial charge in [0, 0.05) is 6.54 Å². The largest absolute Gasteiger partial charge is 0.497 e. The fraction of sp³-hybridized carbons (Fsp3) is 0.200. The van der Waals surface area contributed by atoms with Gasteiger partial charge in [-0.15, -0.1) is 0 Å². The number of hydrogen-bond donors (Lipinski definition) is 1.